The van der Waals surface area contributed by atoms with E-state index in [1.165, 1.54) is 22.4 Å². The van der Waals surface area contributed by atoms with Crippen molar-refractivity contribution < 1.29 is 4.74 Å². The summed E-state index contributed by atoms with van der Waals surface area (Å²) in [5, 5.41) is 14.6. The lowest BCUT2D eigenvalue weighted by Gasteiger charge is -2.49. The number of aliphatic imine (C=N–C) groups is 1. The molecule has 3 aliphatic rings. The van der Waals surface area contributed by atoms with Gasteiger partial charge in [-0.3, -0.25) is 0 Å². The Bertz CT molecular complexity index is 1680. The molecule has 4 heterocycles. The summed E-state index contributed by atoms with van der Waals surface area (Å²) in [6.45, 7) is 26.7. The third-order valence-electron chi connectivity index (χ3n) is 9.39. The van der Waals surface area contributed by atoms with Crippen molar-refractivity contribution in [3.63, 3.8) is 0 Å². The summed E-state index contributed by atoms with van der Waals surface area (Å²) >= 11 is 0. The van der Waals surface area contributed by atoms with Crippen molar-refractivity contribution in [2.24, 2.45) is 26.3 Å². The van der Waals surface area contributed by atoms with Gasteiger partial charge in [0.05, 0.1) is 24.1 Å². The summed E-state index contributed by atoms with van der Waals surface area (Å²) in [6, 6.07) is 8.59. The van der Waals surface area contributed by atoms with E-state index in [4.69, 9.17) is 19.9 Å². The third kappa shape index (κ3) is 5.10. The Labute approximate surface area is 263 Å². The molecule has 0 atom stereocenters. The fourth-order valence-electron chi connectivity index (χ4n) is 7.41. The average Bonchev–Trinajstić information content (AvgIpc) is 3.50. The van der Waals surface area contributed by atoms with E-state index in [-0.39, 0.29) is 16.2 Å². The van der Waals surface area contributed by atoms with E-state index >= 15 is 0 Å². The zero-order valence-corrected chi connectivity index (χ0v) is 28.6. The minimum absolute atomic E-state index is 0.202. The molecule has 0 saturated carbocycles. The number of rotatable bonds is 6. The lowest BCUT2D eigenvalue weighted by Crippen LogP contribution is -2.48. The molecule has 0 spiro atoms. The number of hydrogen-bond donors (Lipinski definition) is 0. The van der Waals surface area contributed by atoms with Crippen molar-refractivity contribution >= 4 is 28.5 Å². The van der Waals surface area contributed by atoms with Crippen LogP contribution in [-0.4, -0.2) is 59.6 Å². The van der Waals surface area contributed by atoms with E-state index in [0.29, 0.717) is 11.6 Å². The Morgan fingerprint density at radius 3 is 2.25 bits per heavy atom. The fraction of sp³-hybridized carbons (Fsp3) is 0.556. The highest BCUT2D eigenvalue weighted by Gasteiger charge is 2.41. The van der Waals surface area contributed by atoms with Gasteiger partial charge in [0.15, 0.2) is 5.82 Å². The predicted octanol–water partition coefficient (Wildman–Crippen LogP) is 7.46. The first-order chi connectivity index (χ1) is 20.7. The molecule has 2 aromatic carbocycles. The van der Waals surface area contributed by atoms with Gasteiger partial charge in [-0.2, -0.15) is 9.78 Å². The standard InChI is InChI=1S/C36H49N7O/c1-12-41(13-2)24-14-15-28(44-11)25(17-24)32-38-39-33-29(31(34(4,5)6)40-43(32)33)37-27-16-23-18-35(7,8)20-42-21-36(9,10)19-26(22(27)3)30(23)42/h14-17H,12-13,18-21H2,1-11H3. The molecule has 3 aromatic rings. The molecule has 0 saturated heterocycles. The first-order valence-electron chi connectivity index (χ1n) is 16.1. The molecular weight excluding hydrogens is 546 g/mol. The number of aromatic nitrogens is 3. The van der Waals surface area contributed by atoms with Gasteiger partial charge in [0.2, 0.25) is 5.82 Å². The van der Waals surface area contributed by atoms with Gasteiger partial charge in [-0.1, -0.05) is 48.5 Å². The number of nitrogens with zero attached hydrogens (tertiary/aromatic N) is 7. The predicted molar refractivity (Wildman–Crippen MR) is 182 cm³/mol. The van der Waals surface area contributed by atoms with Crippen LogP contribution in [0.2, 0.25) is 0 Å². The van der Waals surface area contributed by atoms with Crippen LogP contribution in [0.4, 0.5) is 17.1 Å². The molecule has 0 fully saturated rings. The topological polar surface area (TPSA) is 71.1 Å². The second kappa shape index (κ2) is 10.5. The minimum Gasteiger partial charge on any atom is -0.496 e. The highest BCUT2D eigenvalue weighted by atomic mass is 16.5. The van der Waals surface area contributed by atoms with Crippen LogP contribution >= 0.6 is 0 Å². The molecule has 0 bridgehead atoms. The number of hydrogen-bond acceptors (Lipinski definition) is 7. The largest absolute Gasteiger partial charge is 0.496 e. The number of methoxy groups -OCH3 is 1. The second-order valence-corrected chi connectivity index (χ2v) is 15.4. The highest BCUT2D eigenvalue weighted by Crippen LogP contribution is 2.49. The summed E-state index contributed by atoms with van der Waals surface area (Å²) in [5.41, 5.74) is 10.4. The van der Waals surface area contributed by atoms with Crippen molar-refractivity contribution in [3.8, 4) is 17.1 Å². The Morgan fingerprint density at radius 2 is 1.61 bits per heavy atom. The van der Waals surface area contributed by atoms with Gasteiger partial charge < -0.3 is 14.5 Å². The Balaban J connectivity index is 1.53. The van der Waals surface area contributed by atoms with Crippen LogP contribution in [0.3, 0.4) is 0 Å². The zero-order valence-electron chi connectivity index (χ0n) is 28.6. The Kier molecular flexibility index (Phi) is 7.21. The molecule has 0 unspecified atom stereocenters. The van der Waals surface area contributed by atoms with Crippen LogP contribution in [0.5, 0.6) is 5.75 Å². The molecule has 8 heteroatoms. The molecule has 1 aromatic heterocycles. The molecule has 8 nitrogen and oxygen atoms in total. The number of anilines is 2. The van der Waals surface area contributed by atoms with Gasteiger partial charge in [-0.05, 0) is 85.4 Å². The fourth-order valence-corrected chi connectivity index (χ4v) is 7.41. The van der Waals surface area contributed by atoms with Crippen LogP contribution in [0, 0.1) is 23.2 Å². The van der Waals surface area contributed by atoms with E-state index in [0.717, 1.165) is 73.1 Å². The molecule has 0 amide bonds. The summed E-state index contributed by atoms with van der Waals surface area (Å²) in [4.78, 5) is 10.4. The van der Waals surface area contributed by atoms with Gasteiger partial charge in [0.1, 0.15) is 11.5 Å². The molecule has 0 N–H and O–H groups in total. The van der Waals surface area contributed by atoms with Crippen molar-refractivity contribution in [1.29, 1.82) is 0 Å². The van der Waals surface area contributed by atoms with Crippen molar-refractivity contribution in [1.82, 2.24) is 14.9 Å². The van der Waals surface area contributed by atoms with Crippen molar-refractivity contribution in [2.75, 3.05) is 43.1 Å². The maximum absolute atomic E-state index is 5.81. The van der Waals surface area contributed by atoms with E-state index in [1.54, 1.807) is 7.11 Å². The highest BCUT2D eigenvalue weighted by molar-refractivity contribution is 6.50. The zero-order chi connectivity index (χ0) is 31.8. The Hall–Kier alpha value is -3.68. The second-order valence-electron chi connectivity index (χ2n) is 15.4. The number of ether oxygens (including phenoxy) is 1. The van der Waals surface area contributed by atoms with Crippen LogP contribution in [0.25, 0.3) is 11.4 Å². The SMILES string of the molecule is CCN(CC)c1ccc(OC)c(-c2nnc3n2N=C(C(C)(C)C)C3=Nc2cc3c4c(c2C)CC(C)(C)CN4CC(C)(C)C3)c1. The van der Waals surface area contributed by atoms with Gasteiger partial charge in [-0.25, -0.2) is 4.99 Å². The lowest BCUT2D eigenvalue weighted by atomic mass is 9.72. The molecule has 44 heavy (non-hydrogen) atoms. The maximum Gasteiger partial charge on any atom is 0.205 e. The summed E-state index contributed by atoms with van der Waals surface area (Å²) in [7, 11) is 1.70. The summed E-state index contributed by atoms with van der Waals surface area (Å²) in [6.07, 6.45) is 2.10. The lowest BCUT2D eigenvalue weighted by molar-refractivity contribution is 0.289. The van der Waals surface area contributed by atoms with Gasteiger partial charge in [-0.15, -0.1) is 10.2 Å². The van der Waals surface area contributed by atoms with Crippen molar-refractivity contribution in [2.45, 2.75) is 82.1 Å². The maximum atomic E-state index is 5.81. The molecule has 0 radical (unpaired) electrons. The molecular formula is C36H49N7O. The van der Waals surface area contributed by atoms with Gasteiger partial charge in [0.25, 0.3) is 0 Å². The Morgan fingerprint density at radius 1 is 0.955 bits per heavy atom. The summed E-state index contributed by atoms with van der Waals surface area (Å²) in [5.74, 6) is 2.08. The van der Waals surface area contributed by atoms with E-state index < -0.39 is 0 Å². The van der Waals surface area contributed by atoms with Gasteiger partial charge in [0, 0.05) is 43.0 Å². The van der Waals surface area contributed by atoms with E-state index in [2.05, 4.69) is 102 Å². The average molecular weight is 596 g/mol. The van der Waals surface area contributed by atoms with Crippen LogP contribution < -0.4 is 14.5 Å². The first kappa shape index (κ1) is 30.4. The normalized spacial score (nSPS) is 19.1. The molecule has 0 aliphatic carbocycles. The van der Waals surface area contributed by atoms with Crippen LogP contribution in [-0.2, 0) is 12.8 Å². The van der Waals surface area contributed by atoms with E-state index in [1.807, 2.05) is 10.7 Å². The third-order valence-corrected chi connectivity index (χ3v) is 9.39. The van der Waals surface area contributed by atoms with E-state index in [9.17, 15) is 0 Å². The molecule has 6 rings (SSSR count). The monoisotopic (exact) mass is 595 g/mol. The smallest absolute Gasteiger partial charge is 0.205 e. The quantitative estimate of drug-likeness (QED) is 0.296. The first-order valence-corrected chi connectivity index (χ1v) is 16.1. The number of fused-ring (bicyclic) bond motifs is 1. The van der Waals surface area contributed by atoms with Crippen LogP contribution in [0.1, 0.15) is 84.8 Å². The van der Waals surface area contributed by atoms with Gasteiger partial charge >= 0.3 is 0 Å². The molecule has 234 valence electrons. The van der Waals surface area contributed by atoms with Crippen molar-refractivity contribution in [3.05, 3.63) is 46.8 Å². The van der Waals surface area contributed by atoms with Crippen LogP contribution in [0.15, 0.2) is 34.4 Å². The molecule has 3 aliphatic heterocycles. The summed E-state index contributed by atoms with van der Waals surface area (Å²) < 4.78 is 7.68. The minimum atomic E-state index is -0.249. The number of benzene rings is 2.